The molecule has 0 atom stereocenters. The summed E-state index contributed by atoms with van der Waals surface area (Å²) in [6.45, 7) is 8.27. The van der Waals surface area contributed by atoms with E-state index in [1.165, 1.54) is 0 Å². The highest BCUT2D eigenvalue weighted by molar-refractivity contribution is 5.75. The smallest absolute Gasteiger partial charge is 0.422 e. The zero-order valence-corrected chi connectivity index (χ0v) is 17.5. The van der Waals surface area contributed by atoms with Crippen LogP contribution in [0, 0.1) is 11.8 Å². The molecule has 0 aliphatic rings. The van der Waals surface area contributed by atoms with Gasteiger partial charge in [-0.05, 0) is 29.0 Å². The fourth-order valence-electron chi connectivity index (χ4n) is 3.99. The van der Waals surface area contributed by atoms with Crippen molar-refractivity contribution in [2.24, 2.45) is 11.8 Å². The van der Waals surface area contributed by atoms with Gasteiger partial charge in [0, 0.05) is 5.56 Å². The Morgan fingerprint density at radius 3 is 1.83 bits per heavy atom. The van der Waals surface area contributed by atoms with E-state index < -0.39 is 11.8 Å². The number of benzene rings is 3. The van der Waals surface area contributed by atoms with Crippen LogP contribution in [0.2, 0.25) is 0 Å². The third-order valence-corrected chi connectivity index (χ3v) is 5.36. The molecular formula is C26H28O3. The highest BCUT2D eigenvalue weighted by Crippen LogP contribution is 2.41. The molecular weight excluding hydrogens is 360 g/mol. The molecule has 0 amide bonds. The maximum atomic E-state index is 12.9. The molecule has 3 aromatic rings. The van der Waals surface area contributed by atoms with Gasteiger partial charge in [0.15, 0.2) is 0 Å². The van der Waals surface area contributed by atoms with Crippen LogP contribution in [0.1, 0.15) is 33.3 Å². The van der Waals surface area contributed by atoms with E-state index in [9.17, 15) is 4.79 Å². The van der Waals surface area contributed by atoms with Crippen molar-refractivity contribution in [1.82, 2.24) is 0 Å². The van der Waals surface area contributed by atoms with Crippen LogP contribution in [-0.2, 0) is 10.3 Å². The predicted octanol–water partition coefficient (Wildman–Crippen LogP) is 7.08. The topological polar surface area (TPSA) is 35.5 Å². The van der Waals surface area contributed by atoms with Crippen molar-refractivity contribution in [2.75, 3.05) is 0 Å². The van der Waals surface area contributed by atoms with E-state index in [0.717, 1.165) is 16.7 Å². The summed E-state index contributed by atoms with van der Waals surface area (Å²) in [6.07, 6.45) is -0.695. The van der Waals surface area contributed by atoms with Crippen LogP contribution in [0.3, 0.4) is 0 Å². The molecule has 0 aliphatic carbocycles. The minimum absolute atomic E-state index is 0.0711. The lowest BCUT2D eigenvalue weighted by Gasteiger charge is -2.40. The lowest BCUT2D eigenvalue weighted by Crippen LogP contribution is -2.43. The maximum Gasteiger partial charge on any atom is 0.514 e. The van der Waals surface area contributed by atoms with Gasteiger partial charge in [-0.1, -0.05) is 107 Å². The second-order valence-electron chi connectivity index (χ2n) is 7.78. The first kappa shape index (κ1) is 20.7. The van der Waals surface area contributed by atoms with E-state index in [2.05, 4.69) is 27.7 Å². The number of hydrogen-bond donors (Lipinski definition) is 0. The van der Waals surface area contributed by atoms with Crippen molar-refractivity contribution in [3.63, 3.8) is 0 Å². The molecule has 0 unspecified atom stereocenters. The van der Waals surface area contributed by atoms with E-state index >= 15 is 0 Å². The molecule has 0 spiro atoms. The molecule has 0 N–H and O–H groups in total. The first-order chi connectivity index (χ1) is 13.9. The average molecular weight is 389 g/mol. The van der Waals surface area contributed by atoms with Crippen LogP contribution in [0.15, 0.2) is 84.9 Å². The summed E-state index contributed by atoms with van der Waals surface area (Å²) in [5.41, 5.74) is 2.03. The van der Waals surface area contributed by atoms with Gasteiger partial charge in [0.05, 0.1) is 0 Å². The van der Waals surface area contributed by atoms with Gasteiger partial charge in [0.1, 0.15) is 11.4 Å². The summed E-state index contributed by atoms with van der Waals surface area (Å²) in [5.74, 6) is 0.627. The lowest BCUT2D eigenvalue weighted by atomic mass is 9.75. The Hall–Kier alpha value is -3.07. The van der Waals surface area contributed by atoms with Crippen LogP contribution in [0.5, 0.6) is 5.75 Å². The molecule has 3 aromatic carbocycles. The zero-order chi connectivity index (χ0) is 20.9. The highest BCUT2D eigenvalue weighted by Gasteiger charge is 2.43. The van der Waals surface area contributed by atoms with Gasteiger partial charge in [-0.2, -0.15) is 0 Å². The Kier molecular flexibility index (Phi) is 6.38. The van der Waals surface area contributed by atoms with E-state index in [4.69, 9.17) is 9.47 Å². The molecule has 29 heavy (non-hydrogen) atoms. The van der Waals surface area contributed by atoms with Gasteiger partial charge in [-0.15, -0.1) is 0 Å². The Morgan fingerprint density at radius 2 is 1.24 bits per heavy atom. The normalized spacial score (nSPS) is 11.5. The molecule has 0 heterocycles. The van der Waals surface area contributed by atoms with Crippen molar-refractivity contribution in [1.29, 1.82) is 0 Å². The molecule has 0 aliphatic heterocycles. The van der Waals surface area contributed by atoms with Gasteiger partial charge < -0.3 is 9.47 Å². The Balaban J connectivity index is 1.91. The minimum atomic E-state index is -0.778. The summed E-state index contributed by atoms with van der Waals surface area (Å²) in [5, 5.41) is 0. The molecule has 0 fully saturated rings. The first-order valence-electron chi connectivity index (χ1n) is 10.1. The zero-order valence-electron chi connectivity index (χ0n) is 17.5. The number of carbonyl (C=O) groups is 1. The summed E-state index contributed by atoms with van der Waals surface area (Å²) in [7, 11) is 0. The van der Waals surface area contributed by atoms with E-state index in [0.29, 0.717) is 5.75 Å². The Bertz CT molecular complexity index is 922. The Labute approximate surface area is 173 Å². The molecule has 0 radical (unpaired) electrons. The van der Waals surface area contributed by atoms with Gasteiger partial charge in [0.25, 0.3) is 0 Å². The molecule has 0 saturated heterocycles. The van der Waals surface area contributed by atoms with Gasteiger partial charge in [-0.25, -0.2) is 4.79 Å². The summed E-state index contributed by atoms with van der Waals surface area (Å²) < 4.78 is 11.8. The lowest BCUT2D eigenvalue weighted by molar-refractivity contribution is -0.0815. The standard InChI is InChI=1S/C26H28O3/c1-19(2)26(20(3)4,22-15-9-6-10-16-22)29-25(27)28-24-18-12-11-17-23(24)21-13-7-5-8-14-21/h5-20H,1-4H3. The molecule has 0 bridgehead atoms. The molecule has 150 valence electrons. The van der Waals surface area contributed by atoms with Crippen LogP contribution in [0.4, 0.5) is 4.79 Å². The summed E-state index contributed by atoms with van der Waals surface area (Å²) in [4.78, 5) is 12.9. The fourth-order valence-corrected chi connectivity index (χ4v) is 3.99. The summed E-state index contributed by atoms with van der Waals surface area (Å²) in [6, 6.07) is 27.3. The molecule has 0 saturated carbocycles. The minimum Gasteiger partial charge on any atom is -0.422 e. The van der Waals surface area contributed by atoms with Crippen molar-refractivity contribution in [3.8, 4) is 16.9 Å². The molecule has 3 rings (SSSR count). The monoisotopic (exact) mass is 388 g/mol. The third-order valence-electron chi connectivity index (χ3n) is 5.36. The second-order valence-corrected chi connectivity index (χ2v) is 7.78. The fraction of sp³-hybridized carbons (Fsp3) is 0.269. The largest absolute Gasteiger partial charge is 0.514 e. The first-order valence-corrected chi connectivity index (χ1v) is 10.1. The van der Waals surface area contributed by atoms with Gasteiger partial charge in [-0.3, -0.25) is 0 Å². The second kappa shape index (κ2) is 8.95. The quantitative estimate of drug-likeness (QED) is 0.334. The van der Waals surface area contributed by atoms with Crippen molar-refractivity contribution in [3.05, 3.63) is 90.5 Å². The molecule has 0 aromatic heterocycles. The van der Waals surface area contributed by atoms with E-state index in [-0.39, 0.29) is 11.8 Å². The van der Waals surface area contributed by atoms with E-state index in [1.54, 1.807) is 6.07 Å². The Morgan fingerprint density at radius 1 is 0.724 bits per heavy atom. The molecule has 3 nitrogen and oxygen atoms in total. The van der Waals surface area contributed by atoms with Crippen molar-refractivity contribution < 1.29 is 14.3 Å². The maximum absolute atomic E-state index is 12.9. The number of ether oxygens (including phenoxy) is 2. The predicted molar refractivity (Wildman–Crippen MR) is 117 cm³/mol. The van der Waals surface area contributed by atoms with Gasteiger partial charge >= 0.3 is 6.16 Å². The van der Waals surface area contributed by atoms with Crippen LogP contribution >= 0.6 is 0 Å². The number of rotatable bonds is 6. The molecule has 3 heteroatoms. The summed E-state index contributed by atoms with van der Waals surface area (Å²) >= 11 is 0. The van der Waals surface area contributed by atoms with Crippen LogP contribution in [-0.4, -0.2) is 6.16 Å². The average Bonchev–Trinajstić information content (AvgIpc) is 2.73. The van der Waals surface area contributed by atoms with Gasteiger partial charge in [0.2, 0.25) is 0 Å². The van der Waals surface area contributed by atoms with E-state index in [1.807, 2.05) is 78.9 Å². The SMILES string of the molecule is CC(C)C(OC(=O)Oc1ccccc1-c1ccccc1)(c1ccccc1)C(C)C. The highest BCUT2D eigenvalue weighted by atomic mass is 16.7. The third kappa shape index (κ3) is 4.34. The van der Waals surface area contributed by atoms with Crippen molar-refractivity contribution in [2.45, 2.75) is 33.3 Å². The van der Waals surface area contributed by atoms with Crippen LogP contribution < -0.4 is 4.74 Å². The number of para-hydroxylation sites is 1. The number of carbonyl (C=O) groups excluding carboxylic acids is 1. The number of hydrogen-bond acceptors (Lipinski definition) is 3. The van der Waals surface area contributed by atoms with Crippen LogP contribution in [0.25, 0.3) is 11.1 Å². The van der Waals surface area contributed by atoms with Crippen molar-refractivity contribution >= 4 is 6.16 Å².